The van der Waals surface area contributed by atoms with Crippen molar-refractivity contribution in [2.45, 2.75) is 36.5 Å². The Bertz CT molecular complexity index is 897. The van der Waals surface area contributed by atoms with Crippen molar-refractivity contribution in [3.8, 4) is 0 Å². The number of rotatable bonds is 5. The number of carbonyl (C=O) groups excluding carboxylic acids is 1. The van der Waals surface area contributed by atoms with E-state index in [4.69, 9.17) is 5.73 Å². The van der Waals surface area contributed by atoms with E-state index in [1.54, 1.807) is 54.6 Å². The van der Waals surface area contributed by atoms with Crippen molar-refractivity contribution >= 4 is 15.7 Å². The van der Waals surface area contributed by atoms with Crippen molar-refractivity contribution in [2.75, 3.05) is 13.1 Å². The van der Waals surface area contributed by atoms with Crippen molar-refractivity contribution in [1.82, 2.24) is 4.90 Å². The summed E-state index contributed by atoms with van der Waals surface area (Å²) < 4.78 is 25.2. The largest absolute Gasteiger partial charge is 0.334 e. The summed E-state index contributed by atoms with van der Waals surface area (Å²) in [7, 11) is -3.45. The monoisotopic (exact) mass is 386 g/mol. The van der Waals surface area contributed by atoms with Gasteiger partial charge in [-0.05, 0) is 48.6 Å². The maximum atomic E-state index is 13.0. The average molecular weight is 387 g/mol. The van der Waals surface area contributed by atoms with Crippen LogP contribution in [-0.2, 0) is 15.6 Å². The number of benzene rings is 2. The SMILES string of the molecule is CC1CCN(C(=O)c2cccc(CS(=O)(=O)c3ccccc3)c2)C(CN)C1. The first kappa shape index (κ1) is 19.6. The summed E-state index contributed by atoms with van der Waals surface area (Å²) in [4.78, 5) is 15.1. The normalized spacial score (nSPS) is 20.4. The van der Waals surface area contributed by atoms with Gasteiger partial charge in [-0.1, -0.05) is 37.3 Å². The Morgan fingerprint density at radius 1 is 1.15 bits per heavy atom. The molecule has 0 bridgehead atoms. The molecule has 2 aromatic rings. The molecule has 0 aromatic heterocycles. The van der Waals surface area contributed by atoms with E-state index in [1.807, 2.05) is 4.90 Å². The molecule has 1 heterocycles. The molecule has 1 fully saturated rings. The molecule has 27 heavy (non-hydrogen) atoms. The lowest BCUT2D eigenvalue weighted by Crippen LogP contribution is -2.49. The van der Waals surface area contributed by atoms with E-state index >= 15 is 0 Å². The van der Waals surface area contributed by atoms with E-state index in [1.165, 1.54) is 0 Å². The Kier molecular flexibility index (Phi) is 5.97. The first-order valence-electron chi connectivity index (χ1n) is 9.28. The minimum atomic E-state index is -3.45. The third kappa shape index (κ3) is 4.57. The van der Waals surface area contributed by atoms with E-state index in [2.05, 4.69) is 6.92 Å². The van der Waals surface area contributed by atoms with E-state index in [-0.39, 0.29) is 22.6 Å². The van der Waals surface area contributed by atoms with Gasteiger partial charge in [-0.15, -0.1) is 0 Å². The van der Waals surface area contributed by atoms with Crippen LogP contribution in [0.4, 0.5) is 0 Å². The van der Waals surface area contributed by atoms with Crippen LogP contribution in [0, 0.1) is 5.92 Å². The zero-order valence-corrected chi connectivity index (χ0v) is 16.4. The second-order valence-electron chi connectivity index (χ2n) is 7.29. The molecule has 5 nitrogen and oxygen atoms in total. The first-order chi connectivity index (χ1) is 12.9. The van der Waals surface area contributed by atoms with Crippen LogP contribution in [-0.4, -0.2) is 38.4 Å². The predicted molar refractivity (Wildman–Crippen MR) is 106 cm³/mol. The molecule has 144 valence electrons. The Hall–Kier alpha value is -2.18. The predicted octanol–water partition coefficient (Wildman–Crippen LogP) is 2.86. The van der Waals surface area contributed by atoms with E-state index in [9.17, 15) is 13.2 Å². The Balaban J connectivity index is 1.80. The summed E-state index contributed by atoms with van der Waals surface area (Å²) in [6.45, 7) is 3.31. The van der Waals surface area contributed by atoms with Gasteiger partial charge in [-0.2, -0.15) is 0 Å². The third-order valence-electron chi connectivity index (χ3n) is 5.14. The number of hydrogen-bond donors (Lipinski definition) is 1. The third-order valence-corrected chi connectivity index (χ3v) is 6.85. The number of nitrogens with zero attached hydrogens (tertiary/aromatic N) is 1. The summed E-state index contributed by atoms with van der Waals surface area (Å²) in [6.07, 6.45) is 1.87. The molecule has 1 saturated heterocycles. The second kappa shape index (κ2) is 8.23. The van der Waals surface area contributed by atoms with Crippen molar-refractivity contribution in [3.05, 3.63) is 65.7 Å². The Morgan fingerprint density at radius 2 is 1.89 bits per heavy atom. The molecule has 0 aliphatic carbocycles. The van der Waals surface area contributed by atoms with Crippen LogP contribution in [0.5, 0.6) is 0 Å². The molecule has 1 aliphatic rings. The number of amides is 1. The van der Waals surface area contributed by atoms with Crippen LogP contribution < -0.4 is 5.73 Å². The summed E-state index contributed by atoms with van der Waals surface area (Å²) in [6, 6.07) is 15.3. The minimum Gasteiger partial charge on any atom is -0.334 e. The van der Waals surface area contributed by atoms with Gasteiger partial charge < -0.3 is 10.6 Å². The quantitative estimate of drug-likeness (QED) is 0.857. The second-order valence-corrected chi connectivity index (χ2v) is 9.28. The van der Waals surface area contributed by atoms with Gasteiger partial charge in [-0.3, -0.25) is 4.79 Å². The van der Waals surface area contributed by atoms with E-state index in [0.29, 0.717) is 30.1 Å². The summed E-state index contributed by atoms with van der Waals surface area (Å²) >= 11 is 0. The molecule has 1 aliphatic heterocycles. The summed E-state index contributed by atoms with van der Waals surface area (Å²) in [5.74, 6) is 0.358. The van der Waals surface area contributed by atoms with Crippen molar-refractivity contribution in [2.24, 2.45) is 11.7 Å². The molecule has 3 rings (SSSR count). The van der Waals surface area contributed by atoms with Gasteiger partial charge in [0.25, 0.3) is 5.91 Å². The lowest BCUT2D eigenvalue weighted by molar-refractivity contribution is 0.0573. The van der Waals surface area contributed by atoms with Crippen molar-refractivity contribution in [1.29, 1.82) is 0 Å². The van der Waals surface area contributed by atoms with Crippen molar-refractivity contribution in [3.63, 3.8) is 0 Å². The van der Waals surface area contributed by atoms with Crippen LogP contribution in [0.15, 0.2) is 59.5 Å². The van der Waals surface area contributed by atoms with E-state index < -0.39 is 9.84 Å². The van der Waals surface area contributed by atoms with Crippen LogP contribution >= 0.6 is 0 Å². The number of hydrogen-bond acceptors (Lipinski definition) is 4. The molecule has 6 heteroatoms. The number of piperidine rings is 1. The van der Waals surface area contributed by atoms with Gasteiger partial charge in [0.1, 0.15) is 0 Å². The number of sulfone groups is 1. The highest BCUT2D eigenvalue weighted by atomic mass is 32.2. The average Bonchev–Trinajstić information content (AvgIpc) is 2.68. The summed E-state index contributed by atoms with van der Waals surface area (Å²) in [5.41, 5.74) is 7.00. The van der Waals surface area contributed by atoms with Gasteiger partial charge in [0, 0.05) is 24.7 Å². The molecule has 2 atom stereocenters. The van der Waals surface area contributed by atoms with Crippen LogP contribution in [0.25, 0.3) is 0 Å². The zero-order chi connectivity index (χ0) is 19.4. The van der Waals surface area contributed by atoms with E-state index in [0.717, 1.165) is 12.8 Å². The number of carbonyl (C=O) groups is 1. The molecular formula is C21H26N2O3S. The minimum absolute atomic E-state index is 0.0398. The molecule has 1 amide bonds. The van der Waals surface area contributed by atoms with Crippen LogP contribution in [0.1, 0.15) is 35.7 Å². The van der Waals surface area contributed by atoms with Crippen LogP contribution in [0.2, 0.25) is 0 Å². The topological polar surface area (TPSA) is 80.5 Å². The van der Waals surface area contributed by atoms with Gasteiger partial charge in [0.05, 0.1) is 10.6 Å². The number of likely N-dealkylation sites (tertiary alicyclic amines) is 1. The van der Waals surface area contributed by atoms with Gasteiger partial charge in [0.2, 0.25) is 0 Å². The lowest BCUT2D eigenvalue weighted by Gasteiger charge is -2.38. The summed E-state index contributed by atoms with van der Waals surface area (Å²) in [5, 5.41) is 0. The maximum Gasteiger partial charge on any atom is 0.254 e. The van der Waals surface area contributed by atoms with Gasteiger partial charge in [-0.25, -0.2) is 8.42 Å². The molecule has 0 radical (unpaired) electrons. The van der Waals surface area contributed by atoms with Gasteiger partial charge in [0.15, 0.2) is 9.84 Å². The highest BCUT2D eigenvalue weighted by Gasteiger charge is 2.29. The molecule has 0 spiro atoms. The fourth-order valence-corrected chi connectivity index (χ4v) is 4.99. The molecule has 0 saturated carbocycles. The fraction of sp³-hybridized carbons (Fsp3) is 0.381. The highest BCUT2D eigenvalue weighted by molar-refractivity contribution is 7.90. The molecule has 2 N–H and O–H groups in total. The Morgan fingerprint density at radius 3 is 2.59 bits per heavy atom. The lowest BCUT2D eigenvalue weighted by atomic mass is 9.92. The molecule has 2 aromatic carbocycles. The Labute approximate surface area is 161 Å². The van der Waals surface area contributed by atoms with Crippen LogP contribution in [0.3, 0.4) is 0 Å². The highest BCUT2D eigenvalue weighted by Crippen LogP contribution is 2.24. The standard InChI is InChI=1S/C21H26N2O3S/c1-16-10-11-23(19(12-16)14-22)21(24)18-7-5-6-17(13-18)15-27(25,26)20-8-3-2-4-9-20/h2-9,13,16,19H,10-12,14-15,22H2,1H3. The number of nitrogens with two attached hydrogens (primary N) is 1. The fourth-order valence-electron chi connectivity index (χ4n) is 3.63. The smallest absolute Gasteiger partial charge is 0.254 e. The van der Waals surface area contributed by atoms with Gasteiger partial charge >= 0.3 is 0 Å². The molecular weight excluding hydrogens is 360 g/mol. The van der Waals surface area contributed by atoms with Crippen molar-refractivity contribution < 1.29 is 13.2 Å². The molecule has 2 unspecified atom stereocenters. The maximum absolute atomic E-state index is 13.0. The zero-order valence-electron chi connectivity index (χ0n) is 15.5. The first-order valence-corrected chi connectivity index (χ1v) is 10.9.